The molecule has 4 nitrogen and oxygen atoms in total. The molecule has 0 unspecified atom stereocenters. The van der Waals surface area contributed by atoms with Crippen LogP contribution in [0.4, 0.5) is 0 Å². The van der Waals surface area contributed by atoms with E-state index in [2.05, 4.69) is 15.9 Å². The minimum atomic E-state index is -3.53. The van der Waals surface area contributed by atoms with Gasteiger partial charge in [-0.15, -0.1) is 0 Å². The van der Waals surface area contributed by atoms with Crippen LogP contribution < -0.4 is 0 Å². The first-order valence-corrected chi connectivity index (χ1v) is 8.62. The molecule has 0 bridgehead atoms. The van der Waals surface area contributed by atoms with Crippen LogP contribution in [-0.4, -0.2) is 36.5 Å². The molecule has 1 aliphatic heterocycles. The highest BCUT2D eigenvalue weighted by molar-refractivity contribution is 9.10. The molecule has 1 heterocycles. The molecule has 1 aliphatic carbocycles. The molecular weight excluding hydrogens is 354 g/mol. The van der Waals surface area contributed by atoms with Crippen molar-refractivity contribution in [2.45, 2.75) is 23.3 Å². The van der Waals surface area contributed by atoms with Gasteiger partial charge >= 0.3 is 0 Å². The third-order valence-electron chi connectivity index (χ3n) is 3.77. The third-order valence-corrected chi connectivity index (χ3v) is 6.77. The molecule has 1 saturated heterocycles. The molecule has 2 aliphatic rings. The SMILES string of the molecule is O=S(=O)(c1ccc(Cl)c(Br)c1)N1CC(O)(C2CC2)C1. The summed E-state index contributed by atoms with van der Waals surface area (Å²) in [7, 11) is -3.53. The van der Waals surface area contributed by atoms with E-state index in [0.717, 1.165) is 12.8 Å². The van der Waals surface area contributed by atoms with Gasteiger partial charge in [0.05, 0.1) is 15.5 Å². The predicted molar refractivity (Wildman–Crippen MR) is 75.6 cm³/mol. The summed E-state index contributed by atoms with van der Waals surface area (Å²) in [5.41, 5.74) is -0.809. The number of nitrogens with zero attached hydrogens (tertiary/aromatic N) is 1. The van der Waals surface area contributed by atoms with Crippen molar-refractivity contribution in [3.63, 3.8) is 0 Å². The van der Waals surface area contributed by atoms with Crippen molar-refractivity contribution < 1.29 is 13.5 Å². The van der Waals surface area contributed by atoms with E-state index in [1.165, 1.54) is 16.4 Å². The Hall–Kier alpha value is -0.140. The first-order valence-electron chi connectivity index (χ1n) is 6.00. The second-order valence-corrected chi connectivity index (χ2v) is 8.43. The Balaban J connectivity index is 1.82. The van der Waals surface area contributed by atoms with Crippen molar-refractivity contribution >= 4 is 37.6 Å². The van der Waals surface area contributed by atoms with E-state index in [0.29, 0.717) is 9.50 Å². The van der Waals surface area contributed by atoms with Crippen LogP contribution in [0.5, 0.6) is 0 Å². The molecule has 1 saturated carbocycles. The number of sulfonamides is 1. The zero-order valence-electron chi connectivity index (χ0n) is 10.0. The van der Waals surface area contributed by atoms with E-state index in [1.807, 2.05) is 0 Å². The summed E-state index contributed by atoms with van der Waals surface area (Å²) in [6, 6.07) is 4.52. The van der Waals surface area contributed by atoms with Crippen molar-refractivity contribution in [1.82, 2.24) is 4.31 Å². The molecule has 1 aromatic carbocycles. The van der Waals surface area contributed by atoms with Gasteiger partial charge in [0.2, 0.25) is 10.0 Å². The molecule has 7 heteroatoms. The maximum Gasteiger partial charge on any atom is 0.243 e. The van der Waals surface area contributed by atoms with Crippen molar-refractivity contribution in [1.29, 1.82) is 0 Å². The van der Waals surface area contributed by atoms with Gasteiger partial charge in [-0.2, -0.15) is 4.31 Å². The van der Waals surface area contributed by atoms with E-state index in [-0.39, 0.29) is 23.9 Å². The maximum absolute atomic E-state index is 12.4. The van der Waals surface area contributed by atoms with Crippen LogP contribution in [0.15, 0.2) is 27.6 Å². The summed E-state index contributed by atoms with van der Waals surface area (Å²) in [5, 5.41) is 10.7. The van der Waals surface area contributed by atoms with E-state index in [9.17, 15) is 13.5 Å². The van der Waals surface area contributed by atoms with Crippen LogP contribution in [-0.2, 0) is 10.0 Å². The van der Waals surface area contributed by atoms with Crippen LogP contribution in [0.2, 0.25) is 5.02 Å². The lowest BCUT2D eigenvalue weighted by atomic mass is 9.91. The van der Waals surface area contributed by atoms with Gasteiger partial charge in [0.1, 0.15) is 0 Å². The first-order chi connectivity index (χ1) is 8.83. The van der Waals surface area contributed by atoms with Crippen LogP contribution >= 0.6 is 27.5 Å². The van der Waals surface area contributed by atoms with Crippen molar-refractivity contribution in [3.8, 4) is 0 Å². The summed E-state index contributed by atoms with van der Waals surface area (Å²) in [5.74, 6) is 0.274. The van der Waals surface area contributed by atoms with Crippen molar-refractivity contribution in [2.75, 3.05) is 13.1 Å². The Morgan fingerprint density at radius 3 is 2.53 bits per heavy atom. The summed E-state index contributed by atoms with van der Waals surface area (Å²) >= 11 is 9.08. The van der Waals surface area contributed by atoms with E-state index >= 15 is 0 Å². The fourth-order valence-corrected chi connectivity index (χ4v) is 4.64. The molecule has 0 spiro atoms. The van der Waals surface area contributed by atoms with Gasteiger partial charge < -0.3 is 5.11 Å². The van der Waals surface area contributed by atoms with Crippen LogP contribution in [0.1, 0.15) is 12.8 Å². The number of hydrogen-bond acceptors (Lipinski definition) is 3. The number of β-amino-alcohol motifs (C(OH)–C–C–N with tert-alkyl or cyclic N) is 1. The van der Waals surface area contributed by atoms with Crippen molar-refractivity contribution in [2.24, 2.45) is 5.92 Å². The fraction of sp³-hybridized carbons (Fsp3) is 0.500. The van der Waals surface area contributed by atoms with Gasteiger partial charge in [0, 0.05) is 17.6 Å². The summed E-state index contributed by atoms with van der Waals surface area (Å²) in [4.78, 5) is 0.196. The fourth-order valence-electron chi connectivity index (χ4n) is 2.40. The Kier molecular flexibility index (Phi) is 3.22. The molecule has 0 atom stereocenters. The zero-order valence-corrected chi connectivity index (χ0v) is 13.2. The van der Waals surface area contributed by atoms with Crippen LogP contribution in [0, 0.1) is 5.92 Å². The molecule has 0 radical (unpaired) electrons. The molecule has 1 aromatic rings. The Bertz CT molecular complexity index is 624. The minimum Gasteiger partial charge on any atom is -0.387 e. The van der Waals surface area contributed by atoms with Crippen molar-refractivity contribution in [3.05, 3.63) is 27.7 Å². The van der Waals surface area contributed by atoms with E-state index < -0.39 is 15.6 Å². The second kappa shape index (κ2) is 4.43. The molecule has 3 rings (SSSR count). The lowest BCUT2D eigenvalue weighted by molar-refractivity contribution is -0.0764. The standard InChI is InChI=1S/C12H13BrClNO3S/c13-10-5-9(3-4-11(10)14)19(17,18)15-6-12(16,7-15)8-1-2-8/h3-5,8,16H,1-2,6-7H2. The predicted octanol–water partition coefficient (Wildman–Crippen LogP) is 2.25. The van der Waals surface area contributed by atoms with Crippen LogP contribution in [0.3, 0.4) is 0 Å². The second-order valence-electron chi connectivity index (χ2n) is 5.23. The average molecular weight is 367 g/mol. The first kappa shape index (κ1) is 13.8. The lowest BCUT2D eigenvalue weighted by Gasteiger charge is -2.45. The molecular formula is C12H13BrClNO3S. The molecule has 0 aromatic heterocycles. The molecule has 0 amide bonds. The number of rotatable bonds is 3. The Morgan fingerprint density at radius 1 is 1.37 bits per heavy atom. The van der Waals surface area contributed by atoms with Gasteiger partial charge in [-0.3, -0.25) is 0 Å². The maximum atomic E-state index is 12.4. The van der Waals surface area contributed by atoms with Gasteiger partial charge in [0.25, 0.3) is 0 Å². The van der Waals surface area contributed by atoms with Gasteiger partial charge in [-0.05, 0) is 52.9 Å². The Labute approximate surface area is 125 Å². The smallest absolute Gasteiger partial charge is 0.243 e. The molecule has 104 valence electrons. The highest BCUT2D eigenvalue weighted by Gasteiger charge is 2.55. The topological polar surface area (TPSA) is 57.6 Å². The quantitative estimate of drug-likeness (QED) is 0.892. The zero-order chi connectivity index (χ0) is 13.8. The summed E-state index contributed by atoms with van der Waals surface area (Å²) in [6.07, 6.45) is 1.99. The van der Waals surface area contributed by atoms with Gasteiger partial charge in [-0.1, -0.05) is 11.6 Å². The van der Waals surface area contributed by atoms with E-state index in [4.69, 9.17) is 11.6 Å². The van der Waals surface area contributed by atoms with Gasteiger partial charge in [-0.25, -0.2) is 8.42 Å². The number of aliphatic hydroxyl groups is 1. The number of hydrogen-bond donors (Lipinski definition) is 1. The monoisotopic (exact) mass is 365 g/mol. The Morgan fingerprint density at radius 2 is 2.00 bits per heavy atom. The van der Waals surface area contributed by atoms with E-state index in [1.54, 1.807) is 6.07 Å². The number of benzene rings is 1. The summed E-state index contributed by atoms with van der Waals surface area (Å²) in [6.45, 7) is 0.389. The molecule has 1 N–H and O–H groups in total. The third kappa shape index (κ3) is 2.34. The largest absolute Gasteiger partial charge is 0.387 e. The van der Waals surface area contributed by atoms with Crippen LogP contribution in [0.25, 0.3) is 0 Å². The minimum absolute atomic E-state index is 0.195. The highest BCUT2D eigenvalue weighted by atomic mass is 79.9. The lowest BCUT2D eigenvalue weighted by Crippen LogP contribution is -2.64. The molecule has 19 heavy (non-hydrogen) atoms. The normalized spacial score (nSPS) is 23.1. The summed E-state index contributed by atoms with van der Waals surface area (Å²) < 4.78 is 26.6. The number of halogens is 2. The highest BCUT2D eigenvalue weighted by Crippen LogP contribution is 2.46. The van der Waals surface area contributed by atoms with Gasteiger partial charge in [0.15, 0.2) is 0 Å². The average Bonchev–Trinajstić information content (AvgIpc) is 3.12. The molecule has 2 fully saturated rings.